The third-order valence-electron chi connectivity index (χ3n) is 5.51. The summed E-state index contributed by atoms with van der Waals surface area (Å²) in [6.45, 7) is 12.9. The van der Waals surface area contributed by atoms with Crippen LogP contribution >= 0.6 is 24.0 Å². The van der Waals surface area contributed by atoms with Crippen molar-refractivity contribution < 1.29 is 4.79 Å². The summed E-state index contributed by atoms with van der Waals surface area (Å²) in [6, 6.07) is 7.69. The number of nitrogens with one attached hydrogen (secondary N) is 2. The Labute approximate surface area is 206 Å². The van der Waals surface area contributed by atoms with E-state index in [9.17, 15) is 4.79 Å². The Balaban J connectivity index is 0.00000480. The molecule has 1 aromatic carbocycles. The molecular weight excluding hydrogens is 501 g/mol. The topological polar surface area (TPSA) is 60.0 Å². The first-order chi connectivity index (χ1) is 14.4. The fraction of sp³-hybridized carbons (Fsp3) is 0.667. The van der Waals surface area contributed by atoms with Crippen molar-refractivity contribution in [3.05, 3.63) is 35.4 Å². The zero-order valence-electron chi connectivity index (χ0n) is 20.0. The van der Waals surface area contributed by atoms with Gasteiger partial charge in [-0.3, -0.25) is 4.79 Å². The molecule has 6 nitrogen and oxygen atoms in total. The number of nitrogens with zero attached hydrogens (tertiary/aromatic N) is 3. The second-order valence-electron chi connectivity index (χ2n) is 8.93. The van der Waals surface area contributed by atoms with Crippen molar-refractivity contribution in [1.82, 2.24) is 20.4 Å². The number of hydrogen-bond acceptors (Lipinski definition) is 3. The van der Waals surface area contributed by atoms with Crippen LogP contribution in [-0.4, -0.2) is 68.5 Å². The minimum atomic E-state index is 0. The summed E-state index contributed by atoms with van der Waals surface area (Å²) in [5, 5.41) is 6.77. The highest BCUT2D eigenvalue weighted by atomic mass is 127. The van der Waals surface area contributed by atoms with Gasteiger partial charge in [0.25, 0.3) is 5.91 Å². The fourth-order valence-corrected chi connectivity index (χ4v) is 4.16. The number of carbonyl (C=O) groups is 1. The van der Waals surface area contributed by atoms with Gasteiger partial charge in [0.05, 0.1) is 6.54 Å². The van der Waals surface area contributed by atoms with Crippen LogP contribution in [0.2, 0.25) is 0 Å². The molecule has 0 radical (unpaired) electrons. The third kappa shape index (κ3) is 10.2. The van der Waals surface area contributed by atoms with E-state index >= 15 is 0 Å². The number of piperidine rings is 1. The molecule has 2 N–H and O–H groups in total. The van der Waals surface area contributed by atoms with E-state index in [2.05, 4.69) is 41.3 Å². The van der Waals surface area contributed by atoms with E-state index in [-0.39, 0.29) is 29.9 Å². The Morgan fingerprint density at radius 3 is 2.32 bits per heavy atom. The summed E-state index contributed by atoms with van der Waals surface area (Å²) in [5.74, 6) is 2.53. The standard InChI is InChI=1S/C24H41N5O.HI/c1-6-25-24(26-13-7-8-14-29-17-19(2)15-20(3)18-29)27-16-21-9-11-22(12-10-21)23(30)28(4)5;/h9-12,19-20H,6-8,13-18H2,1-5H3,(H2,25,26,27);1H. The molecule has 1 aliphatic heterocycles. The average Bonchev–Trinajstić information content (AvgIpc) is 2.70. The summed E-state index contributed by atoms with van der Waals surface area (Å²) >= 11 is 0. The molecule has 0 bridgehead atoms. The summed E-state index contributed by atoms with van der Waals surface area (Å²) in [4.78, 5) is 20.9. The van der Waals surface area contributed by atoms with E-state index in [1.54, 1.807) is 19.0 Å². The fourth-order valence-electron chi connectivity index (χ4n) is 4.16. The number of hydrogen-bond donors (Lipinski definition) is 2. The van der Waals surface area contributed by atoms with E-state index in [1.807, 2.05) is 24.3 Å². The van der Waals surface area contributed by atoms with Crippen molar-refractivity contribution in [3.63, 3.8) is 0 Å². The van der Waals surface area contributed by atoms with Crippen LogP contribution in [0.1, 0.15) is 56.0 Å². The highest BCUT2D eigenvalue weighted by molar-refractivity contribution is 14.0. The van der Waals surface area contributed by atoms with Crippen LogP contribution in [-0.2, 0) is 6.54 Å². The number of amides is 1. The third-order valence-corrected chi connectivity index (χ3v) is 5.51. The largest absolute Gasteiger partial charge is 0.357 e. The Kier molecular flexibility index (Phi) is 13.1. The highest BCUT2D eigenvalue weighted by Crippen LogP contribution is 2.20. The predicted molar refractivity (Wildman–Crippen MR) is 141 cm³/mol. The number of aliphatic imine (C=N–C) groups is 1. The smallest absolute Gasteiger partial charge is 0.253 e. The number of carbonyl (C=O) groups excluding carboxylic acids is 1. The molecule has 7 heteroatoms. The molecule has 1 aliphatic rings. The Morgan fingerprint density at radius 2 is 1.74 bits per heavy atom. The van der Waals surface area contributed by atoms with Crippen molar-refractivity contribution in [2.24, 2.45) is 16.8 Å². The summed E-state index contributed by atoms with van der Waals surface area (Å²) in [7, 11) is 3.53. The van der Waals surface area contributed by atoms with Gasteiger partial charge in [-0.15, -0.1) is 24.0 Å². The first-order valence-corrected chi connectivity index (χ1v) is 11.4. The van der Waals surface area contributed by atoms with Crippen LogP contribution < -0.4 is 10.6 Å². The average molecular weight is 544 g/mol. The molecule has 1 heterocycles. The van der Waals surface area contributed by atoms with Gasteiger partial charge in [0.15, 0.2) is 5.96 Å². The van der Waals surface area contributed by atoms with Crippen LogP contribution in [0.25, 0.3) is 0 Å². The number of halogens is 1. The van der Waals surface area contributed by atoms with Gasteiger partial charge in [-0.1, -0.05) is 26.0 Å². The lowest BCUT2D eigenvalue weighted by atomic mass is 9.92. The molecule has 31 heavy (non-hydrogen) atoms. The van der Waals surface area contributed by atoms with Gasteiger partial charge in [0, 0.05) is 45.8 Å². The Bertz CT molecular complexity index is 667. The minimum Gasteiger partial charge on any atom is -0.357 e. The number of likely N-dealkylation sites (tertiary alicyclic amines) is 1. The normalized spacial score (nSPS) is 19.5. The van der Waals surface area contributed by atoms with Crippen LogP contribution in [0.3, 0.4) is 0 Å². The molecule has 1 aromatic rings. The molecule has 0 aliphatic carbocycles. The number of benzene rings is 1. The van der Waals surface area contributed by atoms with Gasteiger partial charge in [0.2, 0.25) is 0 Å². The quantitative estimate of drug-likeness (QED) is 0.215. The molecular formula is C24H42IN5O. The van der Waals surface area contributed by atoms with Gasteiger partial charge >= 0.3 is 0 Å². The second-order valence-corrected chi connectivity index (χ2v) is 8.93. The molecule has 176 valence electrons. The zero-order valence-corrected chi connectivity index (χ0v) is 22.3. The van der Waals surface area contributed by atoms with Gasteiger partial charge < -0.3 is 20.4 Å². The highest BCUT2D eigenvalue weighted by Gasteiger charge is 2.20. The van der Waals surface area contributed by atoms with Gasteiger partial charge in [-0.25, -0.2) is 4.99 Å². The number of rotatable bonds is 9. The first kappa shape index (κ1) is 27.7. The molecule has 0 spiro atoms. The maximum atomic E-state index is 12.0. The predicted octanol–water partition coefficient (Wildman–Crippen LogP) is 3.82. The number of unbranched alkanes of at least 4 members (excludes halogenated alkanes) is 1. The monoisotopic (exact) mass is 543 g/mol. The van der Waals surface area contributed by atoms with Crippen LogP contribution in [0.5, 0.6) is 0 Å². The van der Waals surface area contributed by atoms with Crippen molar-refractivity contribution in [1.29, 1.82) is 0 Å². The Morgan fingerprint density at radius 1 is 1.10 bits per heavy atom. The molecule has 1 amide bonds. The van der Waals surface area contributed by atoms with Crippen molar-refractivity contribution in [2.45, 2.75) is 46.6 Å². The van der Waals surface area contributed by atoms with Gasteiger partial charge in [-0.2, -0.15) is 0 Å². The van der Waals surface area contributed by atoms with Gasteiger partial charge in [-0.05, 0) is 62.3 Å². The summed E-state index contributed by atoms with van der Waals surface area (Å²) < 4.78 is 0. The van der Waals surface area contributed by atoms with Crippen molar-refractivity contribution >= 4 is 35.8 Å². The SMILES string of the molecule is CCNC(=NCc1ccc(C(=O)N(C)C)cc1)NCCCCN1CC(C)CC(C)C1.I. The van der Waals surface area contributed by atoms with Crippen LogP contribution in [0.4, 0.5) is 0 Å². The molecule has 1 fully saturated rings. The van der Waals surface area contributed by atoms with Crippen LogP contribution in [0.15, 0.2) is 29.3 Å². The molecule has 0 saturated carbocycles. The molecule has 1 saturated heterocycles. The Hall–Kier alpha value is -1.35. The van der Waals surface area contributed by atoms with Crippen molar-refractivity contribution in [2.75, 3.05) is 46.8 Å². The zero-order chi connectivity index (χ0) is 21.9. The minimum absolute atomic E-state index is 0. The maximum absolute atomic E-state index is 12.0. The molecule has 2 unspecified atom stereocenters. The van der Waals surface area contributed by atoms with E-state index in [0.29, 0.717) is 12.1 Å². The van der Waals surface area contributed by atoms with E-state index < -0.39 is 0 Å². The van der Waals surface area contributed by atoms with Crippen molar-refractivity contribution in [3.8, 4) is 0 Å². The van der Waals surface area contributed by atoms with E-state index in [1.165, 1.54) is 32.5 Å². The lowest BCUT2D eigenvalue weighted by molar-refractivity contribution is 0.0827. The number of guanidine groups is 1. The molecule has 2 atom stereocenters. The maximum Gasteiger partial charge on any atom is 0.253 e. The first-order valence-electron chi connectivity index (χ1n) is 11.4. The summed E-state index contributed by atoms with van der Waals surface area (Å²) in [5.41, 5.74) is 1.80. The van der Waals surface area contributed by atoms with E-state index in [0.717, 1.165) is 42.9 Å². The van der Waals surface area contributed by atoms with E-state index in [4.69, 9.17) is 0 Å². The lowest BCUT2D eigenvalue weighted by Crippen LogP contribution is -2.40. The lowest BCUT2D eigenvalue weighted by Gasteiger charge is -2.34. The van der Waals surface area contributed by atoms with Crippen LogP contribution in [0, 0.1) is 11.8 Å². The van der Waals surface area contributed by atoms with Gasteiger partial charge in [0.1, 0.15) is 0 Å². The second kappa shape index (κ2) is 14.7. The molecule has 0 aromatic heterocycles. The summed E-state index contributed by atoms with van der Waals surface area (Å²) in [6.07, 6.45) is 3.73. The molecule has 2 rings (SSSR count).